The van der Waals surface area contributed by atoms with Crippen LogP contribution in [0.25, 0.3) is 33.5 Å². The molecule has 2 aromatic heterocycles. The van der Waals surface area contributed by atoms with Gasteiger partial charge >= 0.3 is 6.18 Å². The zero-order valence-electron chi connectivity index (χ0n) is 19.6. The van der Waals surface area contributed by atoms with Gasteiger partial charge in [-0.05, 0) is 55.8 Å². The van der Waals surface area contributed by atoms with E-state index in [0.717, 1.165) is 16.7 Å². The smallest absolute Gasteiger partial charge is 0.352 e. The molecule has 1 N–H and O–H groups in total. The summed E-state index contributed by atoms with van der Waals surface area (Å²) in [4.78, 5) is 46.0. The van der Waals surface area contributed by atoms with E-state index in [1.165, 1.54) is 30.5 Å². The van der Waals surface area contributed by atoms with Crippen LogP contribution in [-0.4, -0.2) is 32.8 Å². The van der Waals surface area contributed by atoms with Crippen LogP contribution in [0.15, 0.2) is 59.5 Å². The highest BCUT2D eigenvalue weighted by Crippen LogP contribution is 2.32. The van der Waals surface area contributed by atoms with Gasteiger partial charge in [-0.25, -0.2) is 9.97 Å². The molecule has 2 heterocycles. The number of aldehydes is 1. The van der Waals surface area contributed by atoms with Crippen LogP contribution in [0.1, 0.15) is 29.8 Å². The summed E-state index contributed by atoms with van der Waals surface area (Å²) < 4.78 is 41.1. The Kier molecular flexibility index (Phi) is 7.13. The molecule has 0 saturated carbocycles. The minimum absolute atomic E-state index is 0.00233. The number of carbonyl (C=O) groups is 2. The first-order chi connectivity index (χ1) is 17.5. The third kappa shape index (κ3) is 5.69. The van der Waals surface area contributed by atoms with Gasteiger partial charge in [0.25, 0.3) is 5.56 Å². The standard InChI is InChI=1S/C26H20ClF3N4O3/c1-14(2)32-22(36)12-34-24(16-4-3-5-19(8-16)26(28,29)30)33-23-21(25(34)37)10-18(11-31-23)17-6-15(13-35)7-20(27)9-17/h3-11,13-14H,12H2,1-2H3,(H,32,36). The van der Waals surface area contributed by atoms with Crippen LogP contribution in [0.4, 0.5) is 13.2 Å². The molecule has 0 aliphatic rings. The number of nitrogens with one attached hydrogen (secondary N) is 1. The number of alkyl halides is 3. The van der Waals surface area contributed by atoms with Crippen molar-refractivity contribution in [2.45, 2.75) is 32.6 Å². The average molecular weight is 529 g/mol. The maximum Gasteiger partial charge on any atom is 0.416 e. The summed E-state index contributed by atoms with van der Waals surface area (Å²) in [6.45, 7) is 3.01. The highest BCUT2D eigenvalue weighted by molar-refractivity contribution is 6.31. The Morgan fingerprint density at radius 2 is 1.86 bits per heavy atom. The third-order valence-corrected chi connectivity index (χ3v) is 5.62. The van der Waals surface area contributed by atoms with E-state index in [-0.39, 0.29) is 28.5 Å². The van der Waals surface area contributed by atoms with Crippen LogP contribution < -0.4 is 10.9 Å². The van der Waals surface area contributed by atoms with Gasteiger partial charge in [0.05, 0.1) is 10.9 Å². The van der Waals surface area contributed by atoms with Crippen LogP contribution in [0, 0.1) is 0 Å². The highest BCUT2D eigenvalue weighted by atomic mass is 35.5. The first-order valence-corrected chi connectivity index (χ1v) is 11.5. The molecule has 4 aromatic rings. The largest absolute Gasteiger partial charge is 0.416 e. The molecule has 0 unspecified atom stereocenters. The lowest BCUT2D eigenvalue weighted by atomic mass is 10.0. The third-order valence-electron chi connectivity index (χ3n) is 5.40. The van der Waals surface area contributed by atoms with Crippen LogP contribution in [0.2, 0.25) is 5.02 Å². The summed E-state index contributed by atoms with van der Waals surface area (Å²) in [5.74, 6) is -0.644. The lowest BCUT2D eigenvalue weighted by Gasteiger charge is -2.16. The summed E-state index contributed by atoms with van der Waals surface area (Å²) in [7, 11) is 0. The number of fused-ring (bicyclic) bond motifs is 1. The summed E-state index contributed by atoms with van der Waals surface area (Å²) in [5, 5.41) is 3.01. The molecule has 7 nitrogen and oxygen atoms in total. The fourth-order valence-corrected chi connectivity index (χ4v) is 4.07. The molecule has 37 heavy (non-hydrogen) atoms. The van der Waals surface area contributed by atoms with Crippen LogP contribution in [0.3, 0.4) is 0 Å². The molecule has 0 fully saturated rings. The van der Waals surface area contributed by atoms with Crippen molar-refractivity contribution in [3.05, 3.63) is 81.2 Å². The number of benzene rings is 2. The molecule has 0 aliphatic carbocycles. The number of carbonyl (C=O) groups excluding carboxylic acids is 2. The fraction of sp³-hybridized carbons (Fsp3) is 0.192. The van der Waals surface area contributed by atoms with Crippen molar-refractivity contribution in [3.8, 4) is 22.5 Å². The molecule has 0 bridgehead atoms. The molecule has 4 rings (SSSR count). The van der Waals surface area contributed by atoms with E-state index in [2.05, 4.69) is 15.3 Å². The van der Waals surface area contributed by atoms with Crippen molar-refractivity contribution in [2.75, 3.05) is 0 Å². The van der Waals surface area contributed by atoms with Crippen molar-refractivity contribution in [3.63, 3.8) is 0 Å². The lowest BCUT2D eigenvalue weighted by Crippen LogP contribution is -2.37. The molecule has 0 aliphatic heterocycles. The predicted molar refractivity (Wildman–Crippen MR) is 133 cm³/mol. The minimum atomic E-state index is -4.61. The van der Waals surface area contributed by atoms with Crippen LogP contribution in [0.5, 0.6) is 0 Å². The number of halogens is 4. The first-order valence-electron chi connectivity index (χ1n) is 11.1. The molecule has 0 atom stereocenters. The van der Waals surface area contributed by atoms with Gasteiger partial charge in [-0.15, -0.1) is 0 Å². The molecule has 0 saturated heterocycles. The molecular formula is C26H20ClF3N4O3. The van der Waals surface area contributed by atoms with Gasteiger partial charge in [-0.2, -0.15) is 13.2 Å². The normalized spacial score (nSPS) is 11.6. The maximum absolute atomic E-state index is 13.6. The van der Waals surface area contributed by atoms with Crippen molar-refractivity contribution >= 4 is 34.8 Å². The van der Waals surface area contributed by atoms with E-state index in [0.29, 0.717) is 28.0 Å². The molecule has 1 amide bonds. The monoisotopic (exact) mass is 528 g/mol. The molecule has 190 valence electrons. The average Bonchev–Trinajstić information content (AvgIpc) is 2.84. The van der Waals surface area contributed by atoms with Gasteiger partial charge in [0.1, 0.15) is 18.7 Å². The summed E-state index contributed by atoms with van der Waals surface area (Å²) in [6, 6.07) is 10.3. The van der Waals surface area contributed by atoms with E-state index in [1.54, 1.807) is 26.0 Å². The Morgan fingerprint density at radius 3 is 2.54 bits per heavy atom. The molecule has 0 radical (unpaired) electrons. The predicted octanol–water partition coefficient (Wildman–Crippen LogP) is 5.13. The zero-order valence-corrected chi connectivity index (χ0v) is 20.4. The Hall–Kier alpha value is -4.05. The van der Waals surface area contributed by atoms with E-state index in [4.69, 9.17) is 11.6 Å². The second-order valence-corrected chi connectivity index (χ2v) is 9.05. The van der Waals surface area contributed by atoms with E-state index >= 15 is 0 Å². The number of hydrogen-bond donors (Lipinski definition) is 1. The number of pyridine rings is 1. The quantitative estimate of drug-likeness (QED) is 0.350. The van der Waals surface area contributed by atoms with E-state index in [1.807, 2.05) is 0 Å². The Morgan fingerprint density at radius 1 is 1.11 bits per heavy atom. The molecule has 11 heteroatoms. The fourth-order valence-electron chi connectivity index (χ4n) is 3.82. The van der Waals surface area contributed by atoms with Crippen molar-refractivity contribution < 1.29 is 22.8 Å². The Balaban J connectivity index is 1.94. The summed E-state index contributed by atoms with van der Waals surface area (Å²) in [5.41, 5.74) is -0.294. The van der Waals surface area contributed by atoms with Gasteiger partial charge in [0.2, 0.25) is 5.91 Å². The summed E-state index contributed by atoms with van der Waals surface area (Å²) in [6.07, 6.45) is -2.56. The maximum atomic E-state index is 13.6. The Bertz CT molecular complexity index is 1580. The van der Waals surface area contributed by atoms with Gasteiger partial charge < -0.3 is 5.32 Å². The van der Waals surface area contributed by atoms with Crippen molar-refractivity contribution in [1.29, 1.82) is 0 Å². The van der Waals surface area contributed by atoms with E-state index < -0.39 is 29.8 Å². The van der Waals surface area contributed by atoms with Gasteiger partial charge in [-0.1, -0.05) is 23.7 Å². The minimum Gasteiger partial charge on any atom is -0.352 e. The lowest BCUT2D eigenvalue weighted by molar-refractivity contribution is -0.137. The molecule has 2 aromatic carbocycles. The topological polar surface area (TPSA) is 93.9 Å². The van der Waals surface area contributed by atoms with Crippen LogP contribution >= 0.6 is 11.6 Å². The van der Waals surface area contributed by atoms with Crippen molar-refractivity contribution in [1.82, 2.24) is 19.9 Å². The second kappa shape index (κ2) is 10.1. The summed E-state index contributed by atoms with van der Waals surface area (Å²) >= 11 is 6.10. The highest BCUT2D eigenvalue weighted by Gasteiger charge is 2.31. The number of rotatable bonds is 6. The SMILES string of the molecule is CC(C)NC(=O)Cn1c(-c2cccc(C(F)(F)F)c2)nc2ncc(-c3cc(Cl)cc(C=O)c3)cc2c1=O. The zero-order chi connectivity index (χ0) is 26.9. The molecular weight excluding hydrogens is 509 g/mol. The number of nitrogens with zero attached hydrogens (tertiary/aromatic N) is 3. The van der Waals surface area contributed by atoms with Crippen LogP contribution in [-0.2, 0) is 17.5 Å². The number of amides is 1. The van der Waals surface area contributed by atoms with E-state index in [9.17, 15) is 27.6 Å². The second-order valence-electron chi connectivity index (χ2n) is 8.61. The van der Waals surface area contributed by atoms with Gasteiger partial charge in [0.15, 0.2) is 5.65 Å². The van der Waals surface area contributed by atoms with Gasteiger partial charge in [0, 0.05) is 34.0 Å². The number of aromatic nitrogens is 3. The van der Waals surface area contributed by atoms with Crippen molar-refractivity contribution in [2.24, 2.45) is 0 Å². The molecule has 0 spiro atoms. The van der Waals surface area contributed by atoms with Gasteiger partial charge in [-0.3, -0.25) is 19.0 Å². The first kappa shape index (κ1) is 26.0. The number of hydrogen-bond acceptors (Lipinski definition) is 5. The Labute approximate surface area is 213 Å².